The molecule has 0 bridgehead atoms. The van der Waals surface area contributed by atoms with Crippen LogP contribution < -0.4 is 5.73 Å². The number of hydrogen-bond donors (Lipinski definition) is 1. The monoisotopic (exact) mass is 174 g/mol. The second kappa shape index (κ2) is 8.97. The molecule has 0 saturated carbocycles. The summed E-state index contributed by atoms with van der Waals surface area (Å²) in [5.74, 6) is 0. The zero-order valence-electron chi connectivity index (χ0n) is 8.38. The van der Waals surface area contributed by atoms with Crippen molar-refractivity contribution in [2.75, 3.05) is 39.9 Å². The van der Waals surface area contributed by atoms with Crippen LogP contribution in [0, 0.1) is 0 Å². The summed E-state index contributed by atoms with van der Waals surface area (Å²) in [6.07, 6.45) is 2.37. The summed E-state index contributed by atoms with van der Waals surface area (Å²) in [6.45, 7) is 6.57. The summed E-state index contributed by atoms with van der Waals surface area (Å²) in [6, 6.07) is 0. The molecule has 0 saturated heterocycles. The molecule has 0 aliphatic rings. The van der Waals surface area contributed by atoms with Gasteiger partial charge in [-0.25, -0.2) is 0 Å². The largest absolute Gasteiger partial charge is 0.380 e. The van der Waals surface area contributed by atoms with Crippen molar-refractivity contribution in [3.05, 3.63) is 0 Å². The van der Waals surface area contributed by atoms with Gasteiger partial charge in [0.25, 0.3) is 0 Å². The van der Waals surface area contributed by atoms with E-state index in [1.807, 2.05) is 0 Å². The Kier molecular flexibility index (Phi) is 8.88. The number of nitrogens with two attached hydrogens (primary N) is 1. The van der Waals surface area contributed by atoms with Gasteiger partial charge in [-0.3, -0.25) is 0 Å². The highest BCUT2D eigenvalue weighted by molar-refractivity contribution is 4.49. The Labute approximate surface area is 75.9 Å². The van der Waals surface area contributed by atoms with E-state index in [-0.39, 0.29) is 0 Å². The molecule has 0 aromatic carbocycles. The SMILES string of the molecule is CCCCOCCN(C)CCN. The van der Waals surface area contributed by atoms with Crippen LogP contribution in [0.4, 0.5) is 0 Å². The van der Waals surface area contributed by atoms with E-state index in [9.17, 15) is 0 Å². The van der Waals surface area contributed by atoms with Gasteiger partial charge in [-0.05, 0) is 13.5 Å². The van der Waals surface area contributed by atoms with Crippen molar-refractivity contribution >= 4 is 0 Å². The Morgan fingerprint density at radius 3 is 2.58 bits per heavy atom. The van der Waals surface area contributed by atoms with Crippen molar-refractivity contribution in [2.24, 2.45) is 5.73 Å². The van der Waals surface area contributed by atoms with Crippen LogP contribution >= 0.6 is 0 Å². The zero-order chi connectivity index (χ0) is 9.23. The van der Waals surface area contributed by atoms with Crippen molar-refractivity contribution in [1.82, 2.24) is 4.90 Å². The van der Waals surface area contributed by atoms with Crippen molar-refractivity contribution in [3.63, 3.8) is 0 Å². The first-order valence-electron chi connectivity index (χ1n) is 4.77. The Hall–Kier alpha value is -0.120. The molecule has 74 valence electrons. The normalized spacial score (nSPS) is 11.0. The average Bonchev–Trinajstić information content (AvgIpc) is 2.05. The molecule has 0 rings (SSSR count). The number of likely N-dealkylation sites (N-methyl/N-ethyl adjacent to an activating group) is 1. The Morgan fingerprint density at radius 2 is 2.00 bits per heavy atom. The van der Waals surface area contributed by atoms with E-state index in [2.05, 4.69) is 18.9 Å². The molecule has 0 aliphatic carbocycles. The molecule has 0 amide bonds. The second-order valence-corrected chi connectivity index (χ2v) is 3.06. The van der Waals surface area contributed by atoms with Gasteiger partial charge in [-0.15, -0.1) is 0 Å². The molecular formula is C9H22N2O. The predicted octanol–water partition coefficient (Wildman–Crippen LogP) is 0.694. The van der Waals surface area contributed by atoms with E-state index >= 15 is 0 Å². The minimum Gasteiger partial charge on any atom is -0.380 e. The third-order valence-corrected chi connectivity index (χ3v) is 1.77. The maximum atomic E-state index is 5.41. The first-order valence-corrected chi connectivity index (χ1v) is 4.77. The fourth-order valence-electron chi connectivity index (χ4n) is 0.901. The highest BCUT2D eigenvalue weighted by Gasteiger charge is 1.95. The molecule has 0 atom stereocenters. The van der Waals surface area contributed by atoms with Crippen LogP contribution in [0.1, 0.15) is 19.8 Å². The molecule has 0 unspecified atom stereocenters. The number of hydrogen-bond acceptors (Lipinski definition) is 3. The number of unbranched alkanes of at least 4 members (excludes halogenated alkanes) is 1. The molecule has 0 aromatic rings. The summed E-state index contributed by atoms with van der Waals surface area (Å²) < 4.78 is 5.41. The van der Waals surface area contributed by atoms with Gasteiger partial charge in [-0.2, -0.15) is 0 Å². The Bertz CT molecular complexity index is 88.6. The highest BCUT2D eigenvalue weighted by Crippen LogP contribution is 1.88. The average molecular weight is 174 g/mol. The molecule has 0 heterocycles. The van der Waals surface area contributed by atoms with Crippen LogP contribution in [0.15, 0.2) is 0 Å². The quantitative estimate of drug-likeness (QED) is 0.550. The first kappa shape index (κ1) is 11.9. The molecule has 12 heavy (non-hydrogen) atoms. The lowest BCUT2D eigenvalue weighted by atomic mass is 10.4. The van der Waals surface area contributed by atoms with Gasteiger partial charge in [0.2, 0.25) is 0 Å². The molecule has 2 N–H and O–H groups in total. The molecule has 3 heteroatoms. The van der Waals surface area contributed by atoms with E-state index in [1.54, 1.807) is 0 Å². The molecule has 0 spiro atoms. The number of rotatable bonds is 8. The van der Waals surface area contributed by atoms with Gasteiger partial charge in [-0.1, -0.05) is 13.3 Å². The summed E-state index contributed by atoms with van der Waals surface area (Å²) in [5.41, 5.74) is 5.40. The van der Waals surface area contributed by atoms with Crippen molar-refractivity contribution < 1.29 is 4.74 Å². The first-order chi connectivity index (χ1) is 5.81. The lowest BCUT2D eigenvalue weighted by Gasteiger charge is -2.14. The van der Waals surface area contributed by atoms with Crippen LogP contribution in [-0.4, -0.2) is 44.8 Å². The third kappa shape index (κ3) is 7.98. The maximum absolute atomic E-state index is 5.41. The summed E-state index contributed by atoms with van der Waals surface area (Å²) in [7, 11) is 2.07. The lowest BCUT2D eigenvalue weighted by molar-refractivity contribution is 0.110. The van der Waals surface area contributed by atoms with E-state index in [4.69, 9.17) is 10.5 Å². The fraction of sp³-hybridized carbons (Fsp3) is 1.00. The third-order valence-electron chi connectivity index (χ3n) is 1.77. The van der Waals surface area contributed by atoms with E-state index < -0.39 is 0 Å². The molecule has 0 aliphatic heterocycles. The molecule has 0 radical (unpaired) electrons. The van der Waals surface area contributed by atoms with Gasteiger partial charge in [0.1, 0.15) is 0 Å². The summed E-state index contributed by atoms with van der Waals surface area (Å²) in [4.78, 5) is 2.19. The molecular weight excluding hydrogens is 152 g/mol. The van der Waals surface area contributed by atoms with Crippen LogP contribution in [0.25, 0.3) is 0 Å². The maximum Gasteiger partial charge on any atom is 0.0593 e. The fourth-order valence-corrected chi connectivity index (χ4v) is 0.901. The Balaban J connectivity index is 2.97. The zero-order valence-corrected chi connectivity index (χ0v) is 8.38. The van der Waals surface area contributed by atoms with Crippen molar-refractivity contribution in [2.45, 2.75) is 19.8 Å². The van der Waals surface area contributed by atoms with Crippen LogP contribution in [-0.2, 0) is 4.74 Å². The van der Waals surface area contributed by atoms with Crippen LogP contribution in [0.3, 0.4) is 0 Å². The van der Waals surface area contributed by atoms with Crippen molar-refractivity contribution in [1.29, 1.82) is 0 Å². The van der Waals surface area contributed by atoms with E-state index in [0.29, 0.717) is 0 Å². The van der Waals surface area contributed by atoms with Crippen LogP contribution in [0.2, 0.25) is 0 Å². The highest BCUT2D eigenvalue weighted by atomic mass is 16.5. The minimum atomic E-state index is 0.728. The van der Waals surface area contributed by atoms with Gasteiger partial charge in [0, 0.05) is 26.2 Å². The standard InChI is InChI=1S/C9H22N2O/c1-3-4-8-12-9-7-11(2)6-5-10/h3-10H2,1-2H3. The molecule has 0 fully saturated rings. The van der Waals surface area contributed by atoms with E-state index in [1.165, 1.54) is 12.8 Å². The second-order valence-electron chi connectivity index (χ2n) is 3.06. The smallest absolute Gasteiger partial charge is 0.0593 e. The molecule has 3 nitrogen and oxygen atoms in total. The van der Waals surface area contributed by atoms with Gasteiger partial charge in [0.05, 0.1) is 6.61 Å². The lowest BCUT2D eigenvalue weighted by Crippen LogP contribution is -2.28. The van der Waals surface area contributed by atoms with E-state index in [0.717, 1.165) is 32.8 Å². The topological polar surface area (TPSA) is 38.5 Å². The summed E-state index contributed by atoms with van der Waals surface area (Å²) in [5, 5.41) is 0. The van der Waals surface area contributed by atoms with Gasteiger partial charge in [0.15, 0.2) is 0 Å². The molecule has 0 aromatic heterocycles. The number of nitrogens with zero attached hydrogens (tertiary/aromatic N) is 1. The number of ether oxygens (including phenoxy) is 1. The van der Waals surface area contributed by atoms with Gasteiger partial charge < -0.3 is 15.4 Å². The van der Waals surface area contributed by atoms with Crippen molar-refractivity contribution in [3.8, 4) is 0 Å². The predicted molar refractivity (Wildman–Crippen MR) is 52.3 cm³/mol. The minimum absolute atomic E-state index is 0.728. The van der Waals surface area contributed by atoms with Crippen LogP contribution in [0.5, 0.6) is 0 Å². The Morgan fingerprint density at radius 1 is 1.25 bits per heavy atom. The summed E-state index contributed by atoms with van der Waals surface area (Å²) >= 11 is 0. The van der Waals surface area contributed by atoms with Gasteiger partial charge >= 0.3 is 0 Å².